The predicted molar refractivity (Wildman–Crippen MR) is 96.5 cm³/mol. The molecule has 0 bridgehead atoms. The van der Waals surface area contributed by atoms with Crippen molar-refractivity contribution < 1.29 is 13.7 Å². The smallest absolute Gasteiger partial charge is 0.238 e. The second kappa shape index (κ2) is 8.20. The summed E-state index contributed by atoms with van der Waals surface area (Å²) in [7, 11) is 0. The average molecular weight is 369 g/mol. The molecule has 1 aliphatic heterocycles. The lowest BCUT2D eigenvalue weighted by Gasteiger charge is -2.36. The number of rotatable bonds is 7. The van der Waals surface area contributed by atoms with E-state index in [1.807, 2.05) is 17.4 Å². The van der Waals surface area contributed by atoms with Crippen molar-refractivity contribution in [3.63, 3.8) is 0 Å². The Balaban J connectivity index is 1.32. The van der Waals surface area contributed by atoms with E-state index in [1.165, 1.54) is 6.42 Å². The van der Waals surface area contributed by atoms with Crippen LogP contribution in [0.5, 0.6) is 0 Å². The highest BCUT2D eigenvalue weighted by Crippen LogP contribution is 2.22. The van der Waals surface area contributed by atoms with Gasteiger partial charge >= 0.3 is 0 Å². The fourth-order valence-corrected chi connectivity index (χ4v) is 3.57. The number of aromatic nitrogens is 4. The van der Waals surface area contributed by atoms with Gasteiger partial charge in [-0.05, 0) is 37.8 Å². The Morgan fingerprint density at radius 2 is 2.30 bits per heavy atom. The fraction of sp³-hybridized carbons (Fsp3) is 0.474. The van der Waals surface area contributed by atoms with E-state index in [2.05, 4.69) is 19.7 Å². The highest BCUT2D eigenvalue weighted by molar-refractivity contribution is 5.76. The van der Waals surface area contributed by atoms with E-state index in [-0.39, 0.29) is 11.9 Å². The zero-order valence-electron chi connectivity index (χ0n) is 15.2. The molecule has 3 aromatic heterocycles. The molecule has 0 aliphatic carbocycles. The maximum absolute atomic E-state index is 12.8. The summed E-state index contributed by atoms with van der Waals surface area (Å²) in [6.45, 7) is 1.71. The highest BCUT2D eigenvalue weighted by atomic mass is 16.5. The van der Waals surface area contributed by atoms with E-state index in [9.17, 15) is 4.79 Å². The van der Waals surface area contributed by atoms with Crippen LogP contribution in [0.1, 0.15) is 38.0 Å². The molecular formula is C19H23N5O3. The number of carbonyl (C=O) groups excluding carboxylic acids is 1. The van der Waals surface area contributed by atoms with Crippen LogP contribution in [0.25, 0.3) is 11.6 Å². The summed E-state index contributed by atoms with van der Waals surface area (Å²) >= 11 is 0. The van der Waals surface area contributed by atoms with Crippen LogP contribution in [0.4, 0.5) is 0 Å². The van der Waals surface area contributed by atoms with Gasteiger partial charge < -0.3 is 18.4 Å². The van der Waals surface area contributed by atoms with Gasteiger partial charge in [0.2, 0.25) is 17.6 Å². The van der Waals surface area contributed by atoms with Gasteiger partial charge in [0.1, 0.15) is 0 Å². The molecule has 4 rings (SSSR count). The van der Waals surface area contributed by atoms with Crippen molar-refractivity contribution in [2.24, 2.45) is 0 Å². The molecule has 0 radical (unpaired) electrons. The van der Waals surface area contributed by atoms with Crippen LogP contribution in [-0.2, 0) is 17.8 Å². The first-order valence-corrected chi connectivity index (χ1v) is 9.41. The molecule has 1 aliphatic rings. The number of hydrogen-bond acceptors (Lipinski definition) is 6. The maximum atomic E-state index is 12.8. The van der Waals surface area contributed by atoms with Crippen molar-refractivity contribution in [3.8, 4) is 11.6 Å². The number of imidazole rings is 1. The Bertz CT molecular complexity index is 841. The molecule has 1 saturated heterocycles. The van der Waals surface area contributed by atoms with Gasteiger partial charge in [0, 0.05) is 44.4 Å². The zero-order chi connectivity index (χ0) is 18.5. The van der Waals surface area contributed by atoms with Gasteiger partial charge in [-0.25, -0.2) is 4.98 Å². The molecule has 1 fully saturated rings. The van der Waals surface area contributed by atoms with Gasteiger partial charge in [-0.3, -0.25) is 4.79 Å². The molecular weight excluding hydrogens is 346 g/mol. The molecule has 8 nitrogen and oxygen atoms in total. The zero-order valence-corrected chi connectivity index (χ0v) is 15.2. The topological polar surface area (TPSA) is 90.2 Å². The minimum Gasteiger partial charge on any atom is -0.461 e. The van der Waals surface area contributed by atoms with Crippen LogP contribution in [0.15, 0.2) is 46.1 Å². The van der Waals surface area contributed by atoms with Crippen molar-refractivity contribution in [2.45, 2.75) is 51.1 Å². The average Bonchev–Trinajstić information content (AvgIpc) is 3.47. The highest BCUT2D eigenvalue weighted by Gasteiger charge is 2.26. The van der Waals surface area contributed by atoms with Crippen LogP contribution in [0.3, 0.4) is 0 Å². The first-order chi connectivity index (χ1) is 13.3. The third kappa shape index (κ3) is 4.27. The minimum atomic E-state index is 0.156. The lowest BCUT2D eigenvalue weighted by atomic mass is 9.98. The Kier molecular flexibility index (Phi) is 5.32. The van der Waals surface area contributed by atoms with Crippen LogP contribution >= 0.6 is 0 Å². The number of piperidine rings is 1. The monoisotopic (exact) mass is 369 g/mol. The number of carbonyl (C=O) groups is 1. The Labute approximate surface area is 157 Å². The molecule has 0 spiro atoms. The number of aryl methyl sites for hydroxylation is 2. The second-order valence-corrected chi connectivity index (χ2v) is 6.81. The van der Waals surface area contributed by atoms with Crippen molar-refractivity contribution in [1.82, 2.24) is 24.6 Å². The Hall–Kier alpha value is -2.90. The van der Waals surface area contributed by atoms with Crippen LogP contribution in [0, 0.1) is 0 Å². The summed E-state index contributed by atoms with van der Waals surface area (Å²) in [5.74, 6) is 1.59. The van der Waals surface area contributed by atoms with E-state index < -0.39 is 0 Å². The second-order valence-electron chi connectivity index (χ2n) is 6.81. The largest absolute Gasteiger partial charge is 0.461 e. The predicted octanol–water partition coefficient (Wildman–Crippen LogP) is 2.93. The normalized spacial score (nSPS) is 17.3. The molecule has 27 heavy (non-hydrogen) atoms. The fourth-order valence-electron chi connectivity index (χ4n) is 3.57. The lowest BCUT2D eigenvalue weighted by molar-refractivity contribution is -0.135. The molecule has 0 aromatic carbocycles. The summed E-state index contributed by atoms with van der Waals surface area (Å²) in [5, 5.41) is 3.91. The number of furan rings is 1. The van der Waals surface area contributed by atoms with Gasteiger partial charge in [-0.15, -0.1) is 0 Å². The quantitative estimate of drug-likeness (QED) is 0.636. The summed E-state index contributed by atoms with van der Waals surface area (Å²) in [6.07, 6.45) is 12.2. The standard InChI is InChI=1S/C19H23N5O3/c25-18(7-6-17-21-19(22-27-17)16-5-3-13-26-16)24-10-2-1-4-15(24)8-11-23-12-9-20-14-23/h3,5,9,12-15H,1-2,4,6-8,10-11H2. The van der Waals surface area contributed by atoms with Crippen molar-refractivity contribution in [3.05, 3.63) is 43.0 Å². The molecule has 142 valence electrons. The molecule has 3 aromatic rings. The van der Waals surface area contributed by atoms with Crippen molar-refractivity contribution in [1.29, 1.82) is 0 Å². The van der Waals surface area contributed by atoms with Crippen molar-refractivity contribution in [2.75, 3.05) is 6.54 Å². The summed E-state index contributed by atoms with van der Waals surface area (Å²) in [6, 6.07) is 3.84. The van der Waals surface area contributed by atoms with Crippen LogP contribution in [0.2, 0.25) is 0 Å². The number of nitrogens with zero attached hydrogens (tertiary/aromatic N) is 5. The minimum absolute atomic E-state index is 0.156. The third-order valence-electron chi connectivity index (χ3n) is 4.99. The van der Waals surface area contributed by atoms with Gasteiger partial charge in [0.05, 0.1) is 12.6 Å². The summed E-state index contributed by atoms with van der Waals surface area (Å²) in [5.41, 5.74) is 0. The lowest BCUT2D eigenvalue weighted by Crippen LogP contribution is -2.44. The number of amides is 1. The van der Waals surface area contributed by atoms with Crippen molar-refractivity contribution >= 4 is 5.91 Å². The van der Waals surface area contributed by atoms with E-state index in [4.69, 9.17) is 8.94 Å². The Morgan fingerprint density at radius 3 is 3.11 bits per heavy atom. The molecule has 0 saturated carbocycles. The molecule has 1 amide bonds. The third-order valence-corrected chi connectivity index (χ3v) is 4.99. The van der Waals surface area contributed by atoms with E-state index in [0.29, 0.717) is 30.3 Å². The molecule has 1 atom stereocenters. The van der Waals surface area contributed by atoms with Crippen LogP contribution < -0.4 is 0 Å². The maximum Gasteiger partial charge on any atom is 0.238 e. The number of likely N-dealkylation sites (tertiary alicyclic amines) is 1. The molecule has 4 heterocycles. The van der Waals surface area contributed by atoms with E-state index >= 15 is 0 Å². The van der Waals surface area contributed by atoms with Gasteiger partial charge in [0.25, 0.3) is 0 Å². The first-order valence-electron chi connectivity index (χ1n) is 9.41. The van der Waals surface area contributed by atoms with E-state index in [1.54, 1.807) is 24.6 Å². The molecule has 1 unspecified atom stereocenters. The SMILES string of the molecule is O=C(CCc1nc(-c2ccco2)no1)N1CCCCC1CCn1ccnc1. The number of hydrogen-bond donors (Lipinski definition) is 0. The van der Waals surface area contributed by atoms with E-state index in [0.717, 1.165) is 32.4 Å². The first kappa shape index (κ1) is 17.5. The molecule has 0 N–H and O–H groups in total. The summed E-state index contributed by atoms with van der Waals surface area (Å²) < 4.78 is 12.6. The van der Waals surface area contributed by atoms with Gasteiger partial charge in [-0.1, -0.05) is 5.16 Å². The summed E-state index contributed by atoms with van der Waals surface area (Å²) in [4.78, 5) is 23.2. The van der Waals surface area contributed by atoms with Gasteiger partial charge in [-0.2, -0.15) is 4.98 Å². The van der Waals surface area contributed by atoms with Gasteiger partial charge in [0.15, 0.2) is 5.76 Å². The van der Waals surface area contributed by atoms with Crippen LogP contribution in [-0.4, -0.2) is 43.1 Å². The Morgan fingerprint density at radius 1 is 1.33 bits per heavy atom. The molecule has 8 heteroatoms.